The van der Waals surface area contributed by atoms with Crippen LogP contribution in [0.3, 0.4) is 0 Å². The van der Waals surface area contributed by atoms with Gasteiger partial charge in [0.2, 0.25) is 5.76 Å². The fourth-order valence-corrected chi connectivity index (χ4v) is 1.89. The van der Waals surface area contributed by atoms with Gasteiger partial charge >= 0.3 is 5.97 Å². The summed E-state index contributed by atoms with van der Waals surface area (Å²) in [7, 11) is 1.95. The number of hydrogen-bond donors (Lipinski definition) is 1. The van der Waals surface area contributed by atoms with Crippen LogP contribution >= 0.6 is 0 Å². The molecule has 0 bridgehead atoms. The molecule has 0 amide bonds. The number of carboxylic acids is 1. The highest BCUT2D eigenvalue weighted by Gasteiger charge is 2.10. The molecule has 100 valence electrons. The van der Waals surface area contributed by atoms with E-state index in [0.29, 0.717) is 12.3 Å². The van der Waals surface area contributed by atoms with Crippen molar-refractivity contribution in [3.8, 4) is 0 Å². The number of anilines is 1. The van der Waals surface area contributed by atoms with E-state index in [1.165, 1.54) is 11.6 Å². The second kappa shape index (κ2) is 5.61. The lowest BCUT2D eigenvalue weighted by Crippen LogP contribution is -2.15. The molecule has 0 saturated carbocycles. The number of rotatable bonds is 5. The van der Waals surface area contributed by atoms with Gasteiger partial charge in [-0.05, 0) is 36.2 Å². The Balaban J connectivity index is 2.06. The molecular formula is C15H17NO3. The molecule has 0 atom stereocenters. The predicted octanol–water partition coefficient (Wildman–Crippen LogP) is 3.18. The fourth-order valence-electron chi connectivity index (χ4n) is 1.89. The Morgan fingerprint density at radius 3 is 2.42 bits per heavy atom. The summed E-state index contributed by atoms with van der Waals surface area (Å²) in [5.41, 5.74) is 2.37. The van der Waals surface area contributed by atoms with Gasteiger partial charge in [-0.3, -0.25) is 0 Å². The SMILES string of the molecule is CCc1ccc(N(C)Cc2ccc(C(=O)O)o2)cc1. The highest BCUT2D eigenvalue weighted by Crippen LogP contribution is 2.18. The Kier molecular flexibility index (Phi) is 3.90. The molecular weight excluding hydrogens is 242 g/mol. The molecule has 1 N–H and O–H groups in total. The number of furan rings is 1. The van der Waals surface area contributed by atoms with Gasteiger partial charge in [0.15, 0.2) is 0 Å². The second-order valence-electron chi connectivity index (χ2n) is 4.45. The summed E-state index contributed by atoms with van der Waals surface area (Å²) < 4.78 is 5.24. The van der Waals surface area contributed by atoms with Crippen molar-refractivity contribution in [2.24, 2.45) is 0 Å². The van der Waals surface area contributed by atoms with Crippen molar-refractivity contribution >= 4 is 11.7 Å². The molecule has 2 aromatic rings. The van der Waals surface area contributed by atoms with Gasteiger partial charge in [0, 0.05) is 12.7 Å². The molecule has 0 saturated heterocycles. The minimum absolute atomic E-state index is 0.0234. The van der Waals surface area contributed by atoms with Crippen LogP contribution < -0.4 is 4.90 Å². The van der Waals surface area contributed by atoms with Crippen LogP contribution in [-0.4, -0.2) is 18.1 Å². The molecule has 0 aliphatic carbocycles. The minimum atomic E-state index is -1.04. The Morgan fingerprint density at radius 2 is 1.89 bits per heavy atom. The van der Waals surface area contributed by atoms with Gasteiger partial charge in [0.1, 0.15) is 5.76 Å². The van der Waals surface area contributed by atoms with E-state index in [-0.39, 0.29) is 5.76 Å². The number of hydrogen-bond acceptors (Lipinski definition) is 3. The van der Waals surface area contributed by atoms with Gasteiger partial charge in [-0.2, -0.15) is 0 Å². The smallest absolute Gasteiger partial charge is 0.371 e. The van der Waals surface area contributed by atoms with Gasteiger partial charge in [-0.15, -0.1) is 0 Å². The third kappa shape index (κ3) is 3.16. The lowest BCUT2D eigenvalue weighted by Gasteiger charge is -2.18. The van der Waals surface area contributed by atoms with E-state index >= 15 is 0 Å². The molecule has 1 heterocycles. The zero-order chi connectivity index (χ0) is 13.8. The highest BCUT2D eigenvalue weighted by atomic mass is 16.4. The van der Waals surface area contributed by atoms with Gasteiger partial charge < -0.3 is 14.4 Å². The monoisotopic (exact) mass is 259 g/mol. The molecule has 0 spiro atoms. The number of aryl methyl sites for hydroxylation is 1. The van der Waals surface area contributed by atoms with E-state index in [1.807, 2.05) is 11.9 Å². The molecule has 0 unspecified atom stereocenters. The summed E-state index contributed by atoms with van der Waals surface area (Å²) in [5.74, 6) is -0.426. The molecule has 19 heavy (non-hydrogen) atoms. The van der Waals surface area contributed by atoms with E-state index in [0.717, 1.165) is 12.1 Å². The van der Waals surface area contributed by atoms with Crippen LogP contribution in [0.25, 0.3) is 0 Å². The number of aromatic carboxylic acids is 1. The third-order valence-electron chi connectivity index (χ3n) is 3.05. The normalized spacial score (nSPS) is 10.4. The van der Waals surface area contributed by atoms with Crippen molar-refractivity contribution in [2.45, 2.75) is 19.9 Å². The van der Waals surface area contributed by atoms with Crippen LogP contribution in [0.1, 0.15) is 28.8 Å². The van der Waals surface area contributed by atoms with Crippen molar-refractivity contribution in [1.29, 1.82) is 0 Å². The van der Waals surface area contributed by atoms with Crippen molar-refractivity contribution in [3.05, 3.63) is 53.5 Å². The lowest BCUT2D eigenvalue weighted by molar-refractivity contribution is 0.0660. The zero-order valence-corrected chi connectivity index (χ0v) is 11.1. The number of carbonyl (C=O) groups is 1. The standard InChI is InChI=1S/C15H17NO3/c1-3-11-4-6-12(7-5-11)16(2)10-13-8-9-14(19-13)15(17)18/h4-9H,3,10H2,1-2H3,(H,17,18). The number of nitrogens with zero attached hydrogens (tertiary/aromatic N) is 1. The maximum Gasteiger partial charge on any atom is 0.371 e. The maximum atomic E-state index is 10.7. The van der Waals surface area contributed by atoms with E-state index in [4.69, 9.17) is 9.52 Å². The second-order valence-corrected chi connectivity index (χ2v) is 4.45. The Bertz CT molecular complexity index is 557. The van der Waals surface area contributed by atoms with Crippen LogP contribution in [0.2, 0.25) is 0 Å². The molecule has 4 nitrogen and oxygen atoms in total. The van der Waals surface area contributed by atoms with Crippen LogP contribution in [0, 0.1) is 0 Å². The summed E-state index contributed by atoms with van der Waals surface area (Å²) in [6, 6.07) is 11.5. The fraction of sp³-hybridized carbons (Fsp3) is 0.267. The summed E-state index contributed by atoms with van der Waals surface area (Å²) in [6.45, 7) is 2.66. The highest BCUT2D eigenvalue weighted by molar-refractivity contribution is 5.84. The van der Waals surface area contributed by atoms with E-state index < -0.39 is 5.97 Å². The molecule has 4 heteroatoms. The van der Waals surface area contributed by atoms with Gasteiger partial charge in [0.05, 0.1) is 6.54 Å². The first-order valence-corrected chi connectivity index (χ1v) is 6.22. The van der Waals surface area contributed by atoms with Crippen LogP contribution in [0.4, 0.5) is 5.69 Å². The van der Waals surface area contributed by atoms with Crippen molar-refractivity contribution in [3.63, 3.8) is 0 Å². The van der Waals surface area contributed by atoms with E-state index in [1.54, 1.807) is 6.07 Å². The number of benzene rings is 1. The molecule has 2 rings (SSSR count). The van der Waals surface area contributed by atoms with Crippen molar-refractivity contribution in [2.75, 3.05) is 11.9 Å². The van der Waals surface area contributed by atoms with Gasteiger partial charge in [0.25, 0.3) is 0 Å². The Hall–Kier alpha value is -2.23. The average Bonchev–Trinajstić information content (AvgIpc) is 2.87. The van der Waals surface area contributed by atoms with E-state index in [2.05, 4.69) is 31.2 Å². The zero-order valence-electron chi connectivity index (χ0n) is 11.1. The van der Waals surface area contributed by atoms with Crippen LogP contribution in [0.5, 0.6) is 0 Å². The summed E-state index contributed by atoms with van der Waals surface area (Å²) in [5, 5.41) is 8.80. The molecule has 1 aromatic carbocycles. The topological polar surface area (TPSA) is 53.7 Å². The average molecular weight is 259 g/mol. The number of carboxylic acid groups (broad SMARTS) is 1. The maximum absolute atomic E-state index is 10.7. The summed E-state index contributed by atoms with van der Waals surface area (Å²) >= 11 is 0. The molecule has 0 aliphatic rings. The first kappa shape index (κ1) is 13.2. The van der Waals surface area contributed by atoms with E-state index in [9.17, 15) is 4.79 Å². The predicted molar refractivity (Wildman–Crippen MR) is 73.6 cm³/mol. The summed E-state index contributed by atoms with van der Waals surface area (Å²) in [4.78, 5) is 12.8. The largest absolute Gasteiger partial charge is 0.475 e. The molecule has 1 aromatic heterocycles. The minimum Gasteiger partial charge on any atom is -0.475 e. The van der Waals surface area contributed by atoms with Crippen molar-refractivity contribution in [1.82, 2.24) is 0 Å². The molecule has 0 radical (unpaired) electrons. The lowest BCUT2D eigenvalue weighted by atomic mass is 10.1. The first-order chi connectivity index (χ1) is 9.10. The Morgan fingerprint density at radius 1 is 1.21 bits per heavy atom. The van der Waals surface area contributed by atoms with Crippen LogP contribution in [-0.2, 0) is 13.0 Å². The van der Waals surface area contributed by atoms with Crippen LogP contribution in [0.15, 0.2) is 40.8 Å². The van der Waals surface area contributed by atoms with Gasteiger partial charge in [-0.25, -0.2) is 4.79 Å². The van der Waals surface area contributed by atoms with Crippen molar-refractivity contribution < 1.29 is 14.3 Å². The molecule has 0 fully saturated rings. The quantitative estimate of drug-likeness (QED) is 0.896. The third-order valence-corrected chi connectivity index (χ3v) is 3.05. The first-order valence-electron chi connectivity index (χ1n) is 6.22. The summed E-state index contributed by atoms with van der Waals surface area (Å²) in [6.07, 6.45) is 1.02. The Labute approximate surface area is 112 Å². The van der Waals surface area contributed by atoms with Gasteiger partial charge in [-0.1, -0.05) is 19.1 Å². The molecule has 0 aliphatic heterocycles.